The molecule has 0 radical (unpaired) electrons. The number of hydrogen-bond donors (Lipinski definition) is 1. The van der Waals surface area contributed by atoms with Gasteiger partial charge in [0.1, 0.15) is 0 Å². The van der Waals surface area contributed by atoms with Gasteiger partial charge < -0.3 is 14.6 Å². The summed E-state index contributed by atoms with van der Waals surface area (Å²) in [6.45, 7) is 2.39. The van der Waals surface area contributed by atoms with Crippen LogP contribution in [0.25, 0.3) is 11.5 Å². The Labute approximate surface area is 173 Å². The third kappa shape index (κ3) is 4.93. The van der Waals surface area contributed by atoms with E-state index in [9.17, 15) is 13.2 Å². The van der Waals surface area contributed by atoms with Gasteiger partial charge in [-0.05, 0) is 31.2 Å². The van der Waals surface area contributed by atoms with Crippen molar-refractivity contribution in [2.75, 3.05) is 18.2 Å². The van der Waals surface area contributed by atoms with Crippen molar-refractivity contribution in [2.24, 2.45) is 7.05 Å². The lowest BCUT2D eigenvalue weighted by Gasteiger charge is -2.07. The van der Waals surface area contributed by atoms with Crippen LogP contribution in [-0.2, 0) is 16.9 Å². The van der Waals surface area contributed by atoms with Crippen molar-refractivity contribution in [1.29, 1.82) is 0 Å². The van der Waals surface area contributed by atoms with E-state index in [1.54, 1.807) is 36.3 Å². The fraction of sp³-hybridized carbons (Fsp3) is 0.211. The highest BCUT2D eigenvalue weighted by atomic mass is 35.5. The molecule has 10 heteroatoms. The van der Waals surface area contributed by atoms with E-state index in [4.69, 9.17) is 16.3 Å². The summed E-state index contributed by atoms with van der Waals surface area (Å²) >= 11 is 5.98. The molecule has 2 aromatic heterocycles. The normalized spacial score (nSPS) is 11.3. The molecular weight excluding hydrogens is 416 g/mol. The molecular formula is C19H19ClN4O4S. The number of nitrogens with one attached hydrogen (secondary N) is 1. The van der Waals surface area contributed by atoms with E-state index in [1.807, 2.05) is 6.92 Å². The molecule has 0 unspecified atom stereocenters. The molecule has 2 heterocycles. The molecule has 0 aliphatic rings. The lowest BCUT2D eigenvalue weighted by molar-refractivity contribution is 0.102. The van der Waals surface area contributed by atoms with Gasteiger partial charge in [-0.3, -0.25) is 4.79 Å². The minimum Gasteiger partial charge on any atom is -0.491 e. The number of amides is 1. The molecule has 8 nitrogen and oxygen atoms in total. The van der Waals surface area contributed by atoms with Crippen LogP contribution in [0.4, 0.5) is 5.69 Å². The average Bonchev–Trinajstić information content (AvgIpc) is 3.03. The monoisotopic (exact) mass is 434 g/mol. The zero-order chi connectivity index (χ0) is 21.2. The Kier molecular flexibility index (Phi) is 5.90. The first kappa shape index (κ1) is 20.8. The van der Waals surface area contributed by atoms with Gasteiger partial charge in [0.25, 0.3) is 5.91 Å². The topological polar surface area (TPSA) is 103 Å². The van der Waals surface area contributed by atoms with E-state index in [0.29, 0.717) is 29.4 Å². The molecule has 3 aromatic rings. The van der Waals surface area contributed by atoms with E-state index >= 15 is 0 Å². The van der Waals surface area contributed by atoms with Crippen molar-refractivity contribution in [3.05, 3.63) is 53.4 Å². The fourth-order valence-corrected chi connectivity index (χ4v) is 3.63. The molecule has 1 N–H and O–H groups in total. The van der Waals surface area contributed by atoms with Crippen LogP contribution in [0.2, 0.25) is 5.02 Å². The van der Waals surface area contributed by atoms with Gasteiger partial charge in [-0.25, -0.2) is 18.4 Å². The van der Waals surface area contributed by atoms with Gasteiger partial charge in [-0.2, -0.15) is 0 Å². The number of nitrogens with zero attached hydrogens (tertiary/aromatic N) is 3. The predicted octanol–water partition coefficient (Wildman–Crippen LogP) is 3.19. The zero-order valence-corrected chi connectivity index (χ0v) is 17.6. The van der Waals surface area contributed by atoms with Crippen LogP contribution in [0.5, 0.6) is 5.75 Å². The summed E-state index contributed by atoms with van der Waals surface area (Å²) in [4.78, 5) is 21.2. The smallest absolute Gasteiger partial charge is 0.257 e. The summed E-state index contributed by atoms with van der Waals surface area (Å²) in [5.74, 6) is 0.586. The number of anilines is 1. The van der Waals surface area contributed by atoms with Crippen LogP contribution < -0.4 is 10.1 Å². The molecule has 3 rings (SSSR count). The summed E-state index contributed by atoms with van der Waals surface area (Å²) in [6.07, 6.45) is 5.84. The lowest BCUT2D eigenvalue weighted by Crippen LogP contribution is -2.11. The number of benzene rings is 1. The van der Waals surface area contributed by atoms with Crippen molar-refractivity contribution in [2.45, 2.75) is 11.8 Å². The fourth-order valence-electron chi connectivity index (χ4n) is 2.65. The molecule has 29 heavy (non-hydrogen) atoms. The Bertz CT molecular complexity index is 1160. The number of aromatic nitrogens is 3. The van der Waals surface area contributed by atoms with Crippen molar-refractivity contribution in [1.82, 2.24) is 14.5 Å². The number of hydrogen-bond acceptors (Lipinski definition) is 6. The molecule has 0 saturated heterocycles. The summed E-state index contributed by atoms with van der Waals surface area (Å²) in [5.41, 5.74) is 1.28. The van der Waals surface area contributed by atoms with Crippen LogP contribution in [0.3, 0.4) is 0 Å². The highest BCUT2D eigenvalue weighted by Crippen LogP contribution is 2.24. The van der Waals surface area contributed by atoms with E-state index in [0.717, 1.165) is 6.26 Å². The number of rotatable bonds is 6. The number of halogens is 1. The first-order valence-corrected chi connectivity index (χ1v) is 10.9. The summed E-state index contributed by atoms with van der Waals surface area (Å²) in [6, 6.07) is 5.82. The third-order valence-corrected chi connectivity index (χ3v) is 5.30. The van der Waals surface area contributed by atoms with E-state index < -0.39 is 15.7 Å². The largest absolute Gasteiger partial charge is 0.491 e. The Morgan fingerprint density at radius 1 is 1.21 bits per heavy atom. The molecule has 1 aromatic carbocycles. The van der Waals surface area contributed by atoms with Gasteiger partial charge in [-0.15, -0.1) is 0 Å². The van der Waals surface area contributed by atoms with Crippen molar-refractivity contribution < 1.29 is 17.9 Å². The van der Waals surface area contributed by atoms with Gasteiger partial charge >= 0.3 is 0 Å². The second kappa shape index (κ2) is 8.22. The van der Waals surface area contributed by atoms with Crippen LogP contribution >= 0.6 is 11.6 Å². The van der Waals surface area contributed by atoms with Gasteiger partial charge in [0.05, 0.1) is 35.2 Å². The highest BCUT2D eigenvalue weighted by Gasteiger charge is 2.16. The van der Waals surface area contributed by atoms with Crippen molar-refractivity contribution in [3.8, 4) is 17.3 Å². The van der Waals surface area contributed by atoms with E-state index in [1.165, 1.54) is 18.2 Å². The Hall–Kier alpha value is -2.91. The molecule has 0 aliphatic heterocycles. The summed E-state index contributed by atoms with van der Waals surface area (Å²) in [7, 11) is -1.69. The maximum atomic E-state index is 12.6. The van der Waals surface area contributed by atoms with Crippen molar-refractivity contribution >= 4 is 33.0 Å². The molecule has 1 amide bonds. The standard InChI is InChI=1S/C19H19ClN4O4S/c1-4-28-15-9-21-18(22-10-15)17-5-12(11-24(17)2)19(25)23-14-6-13(20)7-16(8-14)29(3,26)27/h5-11H,4H2,1-3H3,(H,23,25). The minimum atomic E-state index is -3.46. The number of sulfone groups is 1. The number of ether oxygens (including phenoxy) is 1. The van der Waals surface area contributed by atoms with Crippen LogP contribution in [0.1, 0.15) is 17.3 Å². The third-order valence-electron chi connectivity index (χ3n) is 3.99. The molecule has 0 bridgehead atoms. The van der Waals surface area contributed by atoms with Gasteiger partial charge in [0.2, 0.25) is 0 Å². The van der Waals surface area contributed by atoms with Gasteiger partial charge in [0.15, 0.2) is 21.4 Å². The highest BCUT2D eigenvalue weighted by molar-refractivity contribution is 7.90. The minimum absolute atomic E-state index is 0.0249. The molecule has 0 atom stereocenters. The van der Waals surface area contributed by atoms with Crippen LogP contribution in [0, 0.1) is 0 Å². The molecule has 0 aliphatic carbocycles. The van der Waals surface area contributed by atoms with Crippen molar-refractivity contribution in [3.63, 3.8) is 0 Å². The zero-order valence-electron chi connectivity index (χ0n) is 16.0. The lowest BCUT2D eigenvalue weighted by atomic mass is 10.2. The summed E-state index contributed by atoms with van der Waals surface area (Å²) < 4.78 is 30.6. The number of carbonyl (C=O) groups excluding carboxylic acids is 1. The summed E-state index contributed by atoms with van der Waals surface area (Å²) in [5, 5.41) is 2.88. The number of aryl methyl sites for hydroxylation is 1. The molecule has 0 saturated carbocycles. The quantitative estimate of drug-likeness (QED) is 0.639. The maximum absolute atomic E-state index is 12.6. The SMILES string of the molecule is CCOc1cnc(-c2cc(C(=O)Nc3cc(Cl)cc(S(C)(=O)=O)c3)cn2C)nc1. The molecule has 0 spiro atoms. The molecule has 152 valence electrons. The predicted molar refractivity (Wildman–Crippen MR) is 110 cm³/mol. The Balaban J connectivity index is 1.84. The Morgan fingerprint density at radius 3 is 2.52 bits per heavy atom. The second-order valence-electron chi connectivity index (χ2n) is 6.30. The van der Waals surface area contributed by atoms with E-state index in [2.05, 4.69) is 15.3 Å². The van der Waals surface area contributed by atoms with E-state index in [-0.39, 0.29) is 15.6 Å². The first-order valence-electron chi connectivity index (χ1n) is 8.61. The molecule has 0 fully saturated rings. The average molecular weight is 435 g/mol. The van der Waals surface area contributed by atoms with Gasteiger partial charge in [0, 0.05) is 30.2 Å². The number of carbonyl (C=O) groups is 1. The Morgan fingerprint density at radius 2 is 1.90 bits per heavy atom. The first-order chi connectivity index (χ1) is 13.7. The van der Waals surface area contributed by atoms with Crippen LogP contribution in [-0.4, -0.2) is 41.7 Å². The van der Waals surface area contributed by atoms with Gasteiger partial charge in [-0.1, -0.05) is 11.6 Å². The maximum Gasteiger partial charge on any atom is 0.257 e. The van der Waals surface area contributed by atoms with Crippen LogP contribution in [0.15, 0.2) is 47.8 Å². The second-order valence-corrected chi connectivity index (χ2v) is 8.75.